The Morgan fingerprint density at radius 3 is 2.15 bits per heavy atom. The van der Waals surface area contributed by atoms with Crippen molar-refractivity contribution in [2.24, 2.45) is 23.7 Å². The molecule has 0 aromatic heterocycles. The molecule has 1 saturated carbocycles. The molecule has 48 heavy (non-hydrogen) atoms. The van der Waals surface area contributed by atoms with Crippen LogP contribution in [0, 0.1) is 30.6 Å². The van der Waals surface area contributed by atoms with E-state index >= 15 is 4.79 Å². The molecule has 1 heterocycles. The van der Waals surface area contributed by atoms with Crippen molar-refractivity contribution < 1.29 is 24.3 Å². The molecule has 0 spiro atoms. The molecule has 6 nitrogen and oxygen atoms in total. The van der Waals surface area contributed by atoms with E-state index in [1.807, 2.05) is 110 Å². The third-order valence-electron chi connectivity index (χ3n) is 11.2. The van der Waals surface area contributed by atoms with E-state index < -0.39 is 35.0 Å². The number of Topliss-reactive ketones (excluding diaryl/α,β-unsaturated/α-hetero) is 1. The third-order valence-corrected chi connectivity index (χ3v) is 11.2. The molecule has 1 N–H and O–H groups in total. The van der Waals surface area contributed by atoms with Crippen molar-refractivity contribution in [1.29, 1.82) is 0 Å². The fraction of sp³-hybridized carbons (Fsp3) is 0.238. The summed E-state index contributed by atoms with van der Waals surface area (Å²) in [7, 11) is 0. The number of hydrogen-bond donors (Lipinski definition) is 1. The Kier molecular flexibility index (Phi) is 7.13. The summed E-state index contributed by atoms with van der Waals surface area (Å²) in [5, 5.41) is 10.5. The van der Waals surface area contributed by atoms with Crippen LogP contribution < -0.4 is 0 Å². The minimum Gasteiger partial charge on any atom is -0.508 e. The zero-order valence-corrected chi connectivity index (χ0v) is 26.6. The topological polar surface area (TPSA) is 91.8 Å². The average Bonchev–Trinajstić information content (AvgIpc) is 3.36. The van der Waals surface area contributed by atoms with Crippen LogP contribution in [0.1, 0.15) is 46.6 Å². The summed E-state index contributed by atoms with van der Waals surface area (Å²) in [5.74, 6) is -3.53. The Bertz CT molecular complexity index is 2030. The molecule has 0 radical (unpaired) electrons. The van der Waals surface area contributed by atoms with Gasteiger partial charge >= 0.3 is 0 Å². The number of likely N-dealkylation sites (tertiary alicyclic amines) is 1. The molecule has 4 aliphatic rings. The lowest BCUT2D eigenvalue weighted by molar-refractivity contribution is -0.141. The number of nitrogens with zero attached hydrogens (tertiary/aromatic N) is 1. The first kappa shape index (κ1) is 30.0. The first-order valence-electron chi connectivity index (χ1n) is 16.6. The largest absolute Gasteiger partial charge is 0.508 e. The molecular weight excluding hydrogens is 598 g/mol. The van der Waals surface area contributed by atoms with Gasteiger partial charge in [-0.2, -0.15) is 0 Å². The van der Waals surface area contributed by atoms with Gasteiger partial charge < -0.3 is 5.11 Å². The summed E-state index contributed by atoms with van der Waals surface area (Å²) >= 11 is 0. The van der Waals surface area contributed by atoms with Crippen molar-refractivity contribution >= 4 is 29.0 Å². The van der Waals surface area contributed by atoms with Crippen molar-refractivity contribution in [2.45, 2.75) is 37.6 Å². The third kappa shape index (κ3) is 4.39. The van der Waals surface area contributed by atoms with Crippen LogP contribution in [0.5, 0.6) is 5.75 Å². The predicted molar refractivity (Wildman–Crippen MR) is 181 cm³/mol. The minimum atomic E-state index is -1.29. The predicted octanol–water partition coefficient (Wildman–Crippen LogP) is 6.73. The Morgan fingerprint density at radius 1 is 0.792 bits per heavy atom. The van der Waals surface area contributed by atoms with Crippen molar-refractivity contribution in [3.8, 4) is 5.75 Å². The van der Waals surface area contributed by atoms with Gasteiger partial charge in [-0.05, 0) is 65.6 Å². The van der Waals surface area contributed by atoms with Gasteiger partial charge in [-0.3, -0.25) is 24.1 Å². The van der Waals surface area contributed by atoms with Crippen LogP contribution in [0.25, 0.3) is 5.57 Å². The standard InChI is InChI=1S/C42H35NO5/c1-25-21-28(17-20-35(25)44)38-30-18-19-31-37(41(48)43(40(31)47)24-26-11-5-2-6-12-26)33(30)22-34-39(46)32(27-13-7-3-8-14-27)23-36(45)42(34,38)29-15-9-4-10-16-29/h2-18,20-21,23,31,33-34,37-38,44H,19,22,24H2,1H3/t31-,33+,34-,37-,38-,42-/m0/s1. The summed E-state index contributed by atoms with van der Waals surface area (Å²) in [6.45, 7) is 2.02. The van der Waals surface area contributed by atoms with Crippen molar-refractivity contribution in [3.63, 3.8) is 0 Å². The Balaban J connectivity index is 1.34. The van der Waals surface area contributed by atoms with Crippen LogP contribution in [0.4, 0.5) is 0 Å². The number of allylic oxidation sites excluding steroid dienone is 4. The van der Waals surface area contributed by atoms with Gasteiger partial charge in [-0.1, -0.05) is 115 Å². The van der Waals surface area contributed by atoms with Gasteiger partial charge in [0.25, 0.3) is 0 Å². The monoisotopic (exact) mass is 633 g/mol. The molecule has 0 bridgehead atoms. The minimum absolute atomic E-state index is 0.135. The summed E-state index contributed by atoms with van der Waals surface area (Å²) < 4.78 is 0. The van der Waals surface area contributed by atoms with Gasteiger partial charge in [0.2, 0.25) is 11.8 Å². The second-order valence-electron chi connectivity index (χ2n) is 13.6. The van der Waals surface area contributed by atoms with E-state index in [-0.39, 0.29) is 42.1 Å². The van der Waals surface area contributed by atoms with Crippen LogP contribution in [0.15, 0.2) is 127 Å². The number of benzene rings is 4. The maximum Gasteiger partial charge on any atom is 0.234 e. The zero-order valence-electron chi connectivity index (χ0n) is 26.6. The maximum absolute atomic E-state index is 15.1. The molecule has 3 aliphatic carbocycles. The van der Waals surface area contributed by atoms with Gasteiger partial charge in [-0.25, -0.2) is 0 Å². The van der Waals surface area contributed by atoms with Crippen LogP contribution in [0.3, 0.4) is 0 Å². The summed E-state index contributed by atoms with van der Waals surface area (Å²) in [6, 6.07) is 33.7. The number of phenolic OH excluding ortho intramolecular Hbond substituents is 1. The summed E-state index contributed by atoms with van der Waals surface area (Å²) in [6.07, 6.45) is 4.25. The van der Waals surface area contributed by atoms with Crippen LogP contribution in [-0.4, -0.2) is 33.4 Å². The second-order valence-corrected chi connectivity index (χ2v) is 13.6. The number of hydrogen-bond acceptors (Lipinski definition) is 5. The van der Waals surface area contributed by atoms with Crippen molar-refractivity contribution in [2.75, 3.05) is 0 Å². The van der Waals surface area contributed by atoms with E-state index in [1.165, 1.54) is 11.0 Å². The van der Waals surface area contributed by atoms with E-state index in [2.05, 4.69) is 6.08 Å². The second kappa shape index (κ2) is 11.4. The first-order chi connectivity index (χ1) is 23.3. The molecule has 6 atom stereocenters. The van der Waals surface area contributed by atoms with Crippen molar-refractivity contribution in [1.82, 2.24) is 4.90 Å². The molecule has 0 unspecified atom stereocenters. The van der Waals surface area contributed by atoms with Crippen molar-refractivity contribution in [3.05, 3.63) is 155 Å². The van der Waals surface area contributed by atoms with E-state index in [1.54, 1.807) is 6.07 Å². The van der Waals surface area contributed by atoms with Gasteiger partial charge in [-0.15, -0.1) is 0 Å². The number of aromatic hydroxyl groups is 1. The molecule has 2 amide bonds. The lowest BCUT2D eigenvalue weighted by Gasteiger charge is -2.55. The van der Waals surface area contributed by atoms with Crippen LogP contribution >= 0.6 is 0 Å². The number of imide groups is 1. The zero-order chi connectivity index (χ0) is 33.2. The van der Waals surface area contributed by atoms with Crippen LogP contribution in [-0.2, 0) is 31.1 Å². The number of carbonyl (C=O) groups excluding carboxylic acids is 4. The number of aryl methyl sites for hydroxylation is 1. The van der Waals surface area contributed by atoms with E-state index in [4.69, 9.17) is 0 Å². The molecular formula is C42H35NO5. The smallest absolute Gasteiger partial charge is 0.234 e. The summed E-state index contributed by atoms with van der Waals surface area (Å²) in [4.78, 5) is 59.7. The quantitative estimate of drug-likeness (QED) is 0.195. The lowest BCUT2D eigenvalue weighted by atomic mass is 9.44. The van der Waals surface area contributed by atoms with Gasteiger partial charge in [0, 0.05) is 17.4 Å². The molecule has 6 heteroatoms. The van der Waals surface area contributed by atoms with Gasteiger partial charge in [0.05, 0.1) is 23.8 Å². The van der Waals surface area contributed by atoms with E-state index in [9.17, 15) is 19.5 Å². The first-order valence-corrected chi connectivity index (χ1v) is 16.6. The SMILES string of the molecule is Cc1cc([C@H]2C3=CC[C@@H]4C(=O)N(Cc5ccccc5)C(=O)[C@@H]4[C@@H]3C[C@H]3C(=O)C(c4ccccc4)=CC(=O)[C@@]23c2ccccc2)ccc1O. The molecule has 238 valence electrons. The normalized spacial score (nSPS) is 27.9. The van der Waals surface area contributed by atoms with Crippen LogP contribution in [0.2, 0.25) is 0 Å². The number of fused-ring (bicyclic) bond motifs is 4. The number of rotatable bonds is 5. The maximum atomic E-state index is 15.1. The fourth-order valence-electron chi connectivity index (χ4n) is 9.09. The van der Waals surface area contributed by atoms with E-state index in [0.717, 1.165) is 22.3 Å². The highest BCUT2D eigenvalue weighted by Crippen LogP contribution is 2.63. The number of phenols is 1. The molecule has 1 aliphatic heterocycles. The number of amides is 2. The lowest BCUT2D eigenvalue weighted by Crippen LogP contribution is -2.58. The fourth-order valence-corrected chi connectivity index (χ4v) is 9.09. The highest BCUT2D eigenvalue weighted by molar-refractivity contribution is 6.31. The summed E-state index contributed by atoms with van der Waals surface area (Å²) in [5.41, 5.74) is 3.75. The van der Waals surface area contributed by atoms with Gasteiger partial charge in [0.15, 0.2) is 11.6 Å². The molecule has 4 aromatic carbocycles. The highest BCUT2D eigenvalue weighted by Gasteiger charge is 2.65. The number of ketones is 2. The molecule has 8 rings (SSSR count). The average molecular weight is 634 g/mol. The molecule has 4 aromatic rings. The molecule has 2 fully saturated rings. The Hall–Kier alpha value is -5.36. The Labute approximate surface area is 279 Å². The van der Waals surface area contributed by atoms with E-state index in [0.29, 0.717) is 23.1 Å². The van der Waals surface area contributed by atoms with Gasteiger partial charge in [0.1, 0.15) is 5.75 Å². The Morgan fingerprint density at radius 2 is 1.46 bits per heavy atom. The molecule has 1 saturated heterocycles. The number of carbonyl (C=O) groups is 4. The highest BCUT2D eigenvalue weighted by atomic mass is 16.3.